The number of quaternary nitrogens is 1. The summed E-state index contributed by atoms with van der Waals surface area (Å²) >= 11 is 0. The van der Waals surface area contributed by atoms with E-state index in [1.165, 1.54) is 83.5 Å². The molecule has 0 aromatic rings. The molecule has 346 valence electrons. The fraction of sp³-hybridized carbons (Fsp3) is 0.720. The highest BCUT2D eigenvalue weighted by Gasteiger charge is 2.21. The van der Waals surface area contributed by atoms with Gasteiger partial charge in [0, 0.05) is 12.8 Å². The molecule has 60 heavy (non-hydrogen) atoms. The average molecular weight is 862 g/mol. The van der Waals surface area contributed by atoms with E-state index in [0.717, 1.165) is 57.8 Å². The van der Waals surface area contributed by atoms with Crippen LogP contribution in [0.4, 0.5) is 0 Å². The van der Waals surface area contributed by atoms with E-state index in [9.17, 15) is 19.0 Å². The van der Waals surface area contributed by atoms with E-state index in [2.05, 4.69) is 80.7 Å². The minimum atomic E-state index is -4.65. The Bertz CT molecular complexity index is 1250. The number of nitrogens with zero attached hydrogens (tertiary/aromatic N) is 1. The Kier molecular flexibility index (Phi) is 40.0. The van der Waals surface area contributed by atoms with Gasteiger partial charge in [-0.15, -0.1) is 0 Å². The van der Waals surface area contributed by atoms with Crippen molar-refractivity contribution >= 4 is 19.8 Å². The Balaban J connectivity index is 4.40. The van der Waals surface area contributed by atoms with E-state index in [-0.39, 0.29) is 26.1 Å². The monoisotopic (exact) mass is 862 g/mol. The molecule has 0 fully saturated rings. The van der Waals surface area contributed by atoms with Crippen LogP contribution in [-0.2, 0) is 32.7 Å². The zero-order valence-corrected chi connectivity index (χ0v) is 39.8. The predicted octanol–water partition coefficient (Wildman–Crippen LogP) is 13.2. The van der Waals surface area contributed by atoms with Crippen LogP contribution in [0.1, 0.15) is 181 Å². The zero-order valence-electron chi connectivity index (χ0n) is 38.9. The third-order valence-corrected chi connectivity index (χ3v) is 10.7. The van der Waals surface area contributed by atoms with Crippen LogP contribution >= 0.6 is 7.82 Å². The molecule has 0 spiro atoms. The molecule has 1 unspecified atom stereocenters. The second-order valence-electron chi connectivity index (χ2n) is 16.7. The maximum absolute atomic E-state index is 12.7. The maximum atomic E-state index is 12.7. The fourth-order valence-electron chi connectivity index (χ4n) is 6.04. The first-order valence-electron chi connectivity index (χ1n) is 23.6. The van der Waals surface area contributed by atoms with Crippen molar-refractivity contribution in [2.75, 3.05) is 47.5 Å². The second kappa shape index (κ2) is 41.8. The number of unbranched alkanes of at least 4 members (excludes halogenated alkanes) is 16. The van der Waals surface area contributed by atoms with Gasteiger partial charge in [-0.05, 0) is 77.0 Å². The summed E-state index contributed by atoms with van der Waals surface area (Å²) in [5.41, 5.74) is 0. The first kappa shape index (κ1) is 57.4. The molecule has 0 N–H and O–H groups in total. The quantitative estimate of drug-likeness (QED) is 0.0196. The SMILES string of the molecule is CC/C=C/C/C=C/C/C=C/C/C=C/C/C=C/CCCC(=O)O[C@H](COC(=O)CCCCCCCCCCC/C=C/CCCCCCCC)COP(=O)([O-])OCC[N+](C)(C)C. The molecule has 0 saturated carbocycles. The van der Waals surface area contributed by atoms with Crippen LogP contribution in [0.5, 0.6) is 0 Å². The molecule has 9 nitrogen and oxygen atoms in total. The number of rotatable bonds is 42. The zero-order chi connectivity index (χ0) is 44.3. The molecule has 0 bridgehead atoms. The molecular formula is C50H88NO8P. The largest absolute Gasteiger partial charge is 0.756 e. The lowest BCUT2D eigenvalue weighted by Crippen LogP contribution is -2.37. The minimum Gasteiger partial charge on any atom is -0.756 e. The summed E-state index contributed by atoms with van der Waals surface area (Å²) in [6, 6.07) is 0. The van der Waals surface area contributed by atoms with Gasteiger partial charge >= 0.3 is 11.9 Å². The average Bonchev–Trinajstić information content (AvgIpc) is 3.20. The van der Waals surface area contributed by atoms with Crippen LogP contribution in [0.25, 0.3) is 0 Å². The third kappa shape index (κ3) is 45.0. The number of phosphoric ester groups is 1. The number of hydrogen-bond donors (Lipinski definition) is 0. The molecule has 0 radical (unpaired) electrons. The van der Waals surface area contributed by atoms with Gasteiger partial charge in [0.25, 0.3) is 7.82 Å². The Morgan fingerprint density at radius 2 is 0.967 bits per heavy atom. The summed E-state index contributed by atoms with van der Waals surface area (Å²) in [5.74, 6) is -0.908. The lowest BCUT2D eigenvalue weighted by Gasteiger charge is -2.28. The summed E-state index contributed by atoms with van der Waals surface area (Å²) in [7, 11) is 1.12. The van der Waals surface area contributed by atoms with Gasteiger partial charge in [-0.1, -0.05) is 164 Å². The molecule has 0 aromatic carbocycles. The van der Waals surface area contributed by atoms with Crippen LogP contribution in [0.15, 0.2) is 72.9 Å². The van der Waals surface area contributed by atoms with Crippen molar-refractivity contribution in [3.63, 3.8) is 0 Å². The summed E-state index contributed by atoms with van der Waals surface area (Å²) in [5, 5.41) is 0. The third-order valence-electron chi connectivity index (χ3n) is 9.71. The van der Waals surface area contributed by atoms with E-state index >= 15 is 0 Å². The molecule has 0 aromatic heterocycles. The van der Waals surface area contributed by atoms with Gasteiger partial charge in [0.15, 0.2) is 6.10 Å². The van der Waals surface area contributed by atoms with Crippen molar-refractivity contribution in [3.8, 4) is 0 Å². The lowest BCUT2D eigenvalue weighted by molar-refractivity contribution is -0.870. The second-order valence-corrected chi connectivity index (χ2v) is 18.1. The number of ether oxygens (including phenoxy) is 2. The molecule has 2 atom stereocenters. The number of carbonyl (C=O) groups excluding carboxylic acids is 2. The van der Waals surface area contributed by atoms with Crippen LogP contribution < -0.4 is 4.89 Å². The Morgan fingerprint density at radius 1 is 0.533 bits per heavy atom. The molecule has 0 heterocycles. The van der Waals surface area contributed by atoms with Crippen molar-refractivity contribution < 1.29 is 42.1 Å². The number of carbonyl (C=O) groups is 2. The molecule has 0 rings (SSSR count). The van der Waals surface area contributed by atoms with Crippen LogP contribution in [0.3, 0.4) is 0 Å². The van der Waals surface area contributed by atoms with E-state index in [1.807, 2.05) is 27.2 Å². The number of esters is 2. The van der Waals surface area contributed by atoms with E-state index in [4.69, 9.17) is 18.5 Å². The normalized spacial score (nSPS) is 14.2. The van der Waals surface area contributed by atoms with Gasteiger partial charge in [-0.2, -0.15) is 0 Å². The Hall–Kier alpha value is -2.55. The summed E-state index contributed by atoms with van der Waals surface area (Å²) < 4.78 is 33.9. The topological polar surface area (TPSA) is 111 Å². The number of allylic oxidation sites excluding steroid dienone is 12. The van der Waals surface area contributed by atoms with E-state index in [1.54, 1.807) is 0 Å². The number of hydrogen-bond acceptors (Lipinski definition) is 8. The first-order chi connectivity index (χ1) is 29.0. The number of phosphoric acid groups is 1. The van der Waals surface area contributed by atoms with Gasteiger partial charge in [-0.25, -0.2) is 0 Å². The minimum absolute atomic E-state index is 0.0449. The van der Waals surface area contributed by atoms with E-state index < -0.39 is 32.5 Å². The fourth-order valence-corrected chi connectivity index (χ4v) is 6.77. The first-order valence-corrected chi connectivity index (χ1v) is 25.1. The van der Waals surface area contributed by atoms with Crippen LogP contribution in [-0.4, -0.2) is 70.0 Å². The van der Waals surface area contributed by atoms with Gasteiger partial charge in [0.05, 0.1) is 27.7 Å². The molecule has 0 aliphatic rings. The standard InChI is InChI=1S/C50H88NO8P/c1-6-8-10-12-14-16-18-20-22-24-25-27-28-30-32-34-36-38-40-42-49(52)56-46-48(47-58-60(54,55)57-45-44-51(3,4)5)59-50(53)43-41-39-37-35-33-31-29-26-23-21-19-17-15-13-11-9-7-2/h9,11,15,17,20-23,29,31,35,37,48H,6-8,10,12-14,16,18-19,24-28,30,32-34,36,38-47H2,1-5H3/b11-9+,17-15+,22-20+,23-21+,31-29+,37-35+/t48-/m1/s1. The van der Waals surface area contributed by atoms with Crippen molar-refractivity contribution in [3.05, 3.63) is 72.9 Å². The smallest absolute Gasteiger partial charge is 0.306 e. The summed E-state index contributed by atoms with van der Waals surface area (Å²) in [6.45, 7) is 4.04. The van der Waals surface area contributed by atoms with Crippen molar-refractivity contribution in [2.24, 2.45) is 0 Å². The maximum Gasteiger partial charge on any atom is 0.306 e. The van der Waals surface area contributed by atoms with Gasteiger partial charge in [0.2, 0.25) is 0 Å². The molecule has 0 amide bonds. The van der Waals surface area contributed by atoms with Gasteiger partial charge in [-0.3, -0.25) is 14.2 Å². The van der Waals surface area contributed by atoms with Crippen molar-refractivity contribution in [1.29, 1.82) is 0 Å². The lowest BCUT2D eigenvalue weighted by atomic mass is 10.1. The summed E-state index contributed by atoms with van der Waals surface area (Å²) in [6.07, 6.45) is 52.2. The van der Waals surface area contributed by atoms with Crippen molar-refractivity contribution in [2.45, 2.75) is 187 Å². The molecule has 10 heteroatoms. The Morgan fingerprint density at radius 3 is 1.48 bits per heavy atom. The van der Waals surface area contributed by atoms with E-state index in [0.29, 0.717) is 23.9 Å². The molecule has 0 aliphatic carbocycles. The highest BCUT2D eigenvalue weighted by atomic mass is 31.2. The highest BCUT2D eigenvalue weighted by molar-refractivity contribution is 7.45. The highest BCUT2D eigenvalue weighted by Crippen LogP contribution is 2.38. The molecule has 0 aliphatic heterocycles. The molecule has 0 saturated heterocycles. The van der Waals surface area contributed by atoms with Gasteiger partial charge < -0.3 is 27.9 Å². The number of likely N-dealkylation sites (N-methyl/N-ethyl adjacent to an activating group) is 1. The molecular weight excluding hydrogens is 774 g/mol. The Labute approximate surface area is 368 Å². The van der Waals surface area contributed by atoms with Crippen molar-refractivity contribution in [1.82, 2.24) is 0 Å². The summed E-state index contributed by atoms with van der Waals surface area (Å²) in [4.78, 5) is 37.6. The van der Waals surface area contributed by atoms with Gasteiger partial charge in [0.1, 0.15) is 19.8 Å². The van der Waals surface area contributed by atoms with Crippen LogP contribution in [0.2, 0.25) is 0 Å². The van der Waals surface area contributed by atoms with Crippen LogP contribution in [0, 0.1) is 0 Å². The predicted molar refractivity (Wildman–Crippen MR) is 249 cm³/mol.